The SMILES string of the molecule is CCc1ccc(N2C(=O)C(=O)/C(=C(\O)c3ccncc3)C2c2ccccc2)cc1. The molecule has 3 aromatic rings. The lowest BCUT2D eigenvalue weighted by Crippen LogP contribution is -2.29. The highest BCUT2D eigenvalue weighted by Gasteiger charge is 2.46. The summed E-state index contributed by atoms with van der Waals surface area (Å²) < 4.78 is 0. The average molecular weight is 384 g/mol. The fraction of sp³-hybridized carbons (Fsp3) is 0.125. The van der Waals surface area contributed by atoms with Crippen molar-refractivity contribution in [2.75, 3.05) is 4.90 Å². The molecule has 1 atom stereocenters. The van der Waals surface area contributed by atoms with E-state index in [1.165, 1.54) is 17.3 Å². The van der Waals surface area contributed by atoms with Crippen LogP contribution in [0.5, 0.6) is 0 Å². The first-order valence-corrected chi connectivity index (χ1v) is 9.47. The van der Waals surface area contributed by atoms with E-state index in [0.717, 1.165) is 17.5 Å². The first-order valence-electron chi connectivity index (χ1n) is 9.47. The van der Waals surface area contributed by atoms with Crippen molar-refractivity contribution in [1.29, 1.82) is 0 Å². The van der Waals surface area contributed by atoms with Gasteiger partial charge in [-0.3, -0.25) is 19.5 Å². The Kier molecular flexibility index (Phi) is 4.96. The monoisotopic (exact) mass is 384 g/mol. The van der Waals surface area contributed by atoms with Crippen LogP contribution in [0, 0.1) is 0 Å². The van der Waals surface area contributed by atoms with Crippen LogP contribution in [0.1, 0.15) is 29.7 Å². The van der Waals surface area contributed by atoms with E-state index >= 15 is 0 Å². The van der Waals surface area contributed by atoms with E-state index in [0.29, 0.717) is 11.3 Å². The molecule has 29 heavy (non-hydrogen) atoms. The number of aliphatic hydroxyl groups excluding tert-OH is 1. The van der Waals surface area contributed by atoms with E-state index in [2.05, 4.69) is 11.9 Å². The van der Waals surface area contributed by atoms with E-state index in [-0.39, 0.29) is 11.3 Å². The summed E-state index contributed by atoms with van der Waals surface area (Å²) in [6.07, 6.45) is 3.95. The van der Waals surface area contributed by atoms with Crippen molar-refractivity contribution in [1.82, 2.24) is 4.98 Å². The summed E-state index contributed by atoms with van der Waals surface area (Å²) in [5.41, 5.74) is 3.03. The molecule has 1 saturated heterocycles. The van der Waals surface area contributed by atoms with Crippen molar-refractivity contribution in [2.24, 2.45) is 0 Å². The average Bonchev–Trinajstić information content (AvgIpc) is 3.05. The standard InChI is InChI=1S/C24H20N2O3/c1-2-16-8-10-19(11-9-16)26-21(17-6-4-3-5-7-17)20(23(28)24(26)29)22(27)18-12-14-25-15-13-18/h3-15,21,27H,2H2,1H3/b22-20-. The summed E-state index contributed by atoms with van der Waals surface area (Å²) >= 11 is 0. The summed E-state index contributed by atoms with van der Waals surface area (Å²) in [4.78, 5) is 31.4. The molecule has 5 nitrogen and oxygen atoms in total. The number of pyridine rings is 1. The number of hydrogen-bond acceptors (Lipinski definition) is 4. The van der Waals surface area contributed by atoms with Crippen LogP contribution < -0.4 is 4.90 Å². The van der Waals surface area contributed by atoms with Gasteiger partial charge in [-0.15, -0.1) is 0 Å². The summed E-state index contributed by atoms with van der Waals surface area (Å²) in [5.74, 6) is -1.56. The van der Waals surface area contributed by atoms with E-state index in [9.17, 15) is 14.7 Å². The van der Waals surface area contributed by atoms with Gasteiger partial charge >= 0.3 is 0 Å². The molecule has 0 bridgehead atoms. The van der Waals surface area contributed by atoms with E-state index < -0.39 is 17.7 Å². The molecule has 1 aromatic heterocycles. The molecule has 0 radical (unpaired) electrons. The van der Waals surface area contributed by atoms with Gasteiger partial charge in [0.1, 0.15) is 5.76 Å². The minimum absolute atomic E-state index is 0.0759. The molecule has 1 fully saturated rings. The van der Waals surface area contributed by atoms with Crippen LogP contribution >= 0.6 is 0 Å². The molecule has 4 rings (SSSR count). The lowest BCUT2D eigenvalue weighted by Gasteiger charge is -2.25. The molecule has 144 valence electrons. The topological polar surface area (TPSA) is 70.5 Å². The van der Waals surface area contributed by atoms with Crippen molar-refractivity contribution in [3.8, 4) is 0 Å². The maximum Gasteiger partial charge on any atom is 0.300 e. The Labute approximate surface area is 169 Å². The zero-order chi connectivity index (χ0) is 20.4. The van der Waals surface area contributed by atoms with E-state index in [4.69, 9.17) is 0 Å². The predicted octanol–water partition coefficient (Wildman–Crippen LogP) is 4.27. The number of carbonyl (C=O) groups excluding carboxylic acids is 2. The lowest BCUT2D eigenvalue weighted by molar-refractivity contribution is -0.132. The summed E-state index contributed by atoms with van der Waals surface area (Å²) in [5, 5.41) is 10.9. The maximum absolute atomic E-state index is 13.0. The Bertz CT molecular complexity index is 1070. The molecular formula is C24H20N2O3. The zero-order valence-electron chi connectivity index (χ0n) is 15.9. The van der Waals surface area contributed by atoms with Gasteiger partial charge in [-0.2, -0.15) is 0 Å². The second-order valence-electron chi connectivity index (χ2n) is 6.84. The Morgan fingerprint density at radius 3 is 2.24 bits per heavy atom. The lowest BCUT2D eigenvalue weighted by atomic mass is 9.95. The zero-order valence-corrected chi connectivity index (χ0v) is 15.9. The van der Waals surface area contributed by atoms with Crippen LogP contribution in [0.15, 0.2) is 84.7 Å². The number of Topliss-reactive ketones (excluding diaryl/α,β-unsaturated/α-hetero) is 1. The highest BCUT2D eigenvalue weighted by atomic mass is 16.3. The molecule has 0 aliphatic carbocycles. The largest absolute Gasteiger partial charge is 0.507 e. The smallest absolute Gasteiger partial charge is 0.300 e. The number of anilines is 1. The number of benzene rings is 2. The van der Waals surface area contributed by atoms with Gasteiger partial charge in [-0.25, -0.2) is 0 Å². The van der Waals surface area contributed by atoms with Crippen molar-refractivity contribution in [3.05, 3.63) is 101 Å². The highest BCUT2D eigenvalue weighted by Crippen LogP contribution is 2.42. The van der Waals surface area contributed by atoms with E-state index in [1.54, 1.807) is 12.1 Å². The summed E-state index contributed by atoms with van der Waals surface area (Å²) in [7, 11) is 0. The summed E-state index contributed by atoms with van der Waals surface area (Å²) in [6, 6.07) is 19.4. The summed E-state index contributed by atoms with van der Waals surface area (Å²) in [6.45, 7) is 2.06. The van der Waals surface area contributed by atoms with Crippen molar-refractivity contribution in [2.45, 2.75) is 19.4 Å². The minimum atomic E-state index is -0.711. The number of hydrogen-bond donors (Lipinski definition) is 1. The maximum atomic E-state index is 13.0. The molecule has 1 unspecified atom stereocenters. The third-order valence-electron chi connectivity index (χ3n) is 5.14. The third-order valence-corrected chi connectivity index (χ3v) is 5.14. The van der Waals surface area contributed by atoms with Crippen LogP contribution in [-0.2, 0) is 16.0 Å². The number of aliphatic hydroxyl groups is 1. The molecule has 0 spiro atoms. The fourth-order valence-electron chi connectivity index (χ4n) is 3.61. The van der Waals surface area contributed by atoms with Gasteiger partial charge in [0.2, 0.25) is 0 Å². The number of aromatic nitrogens is 1. The molecule has 5 heteroatoms. The molecule has 1 aliphatic rings. The molecule has 1 N–H and O–H groups in total. The van der Waals surface area contributed by atoms with E-state index in [1.807, 2.05) is 54.6 Å². The number of rotatable bonds is 4. The first-order chi connectivity index (χ1) is 14.1. The van der Waals surface area contributed by atoms with Gasteiger partial charge in [0, 0.05) is 23.6 Å². The Balaban J connectivity index is 1.91. The normalized spacial score (nSPS) is 18.2. The van der Waals surface area contributed by atoms with Crippen LogP contribution in [-0.4, -0.2) is 21.8 Å². The van der Waals surface area contributed by atoms with Gasteiger partial charge in [-0.05, 0) is 41.8 Å². The van der Waals surface area contributed by atoms with Crippen LogP contribution in [0.25, 0.3) is 5.76 Å². The molecular weight excluding hydrogens is 364 g/mol. The van der Waals surface area contributed by atoms with Gasteiger partial charge in [0.05, 0.1) is 11.6 Å². The molecule has 0 saturated carbocycles. The molecule has 2 heterocycles. The third kappa shape index (κ3) is 3.31. The fourth-order valence-corrected chi connectivity index (χ4v) is 3.61. The number of amides is 1. The Morgan fingerprint density at radius 2 is 1.62 bits per heavy atom. The number of aryl methyl sites for hydroxylation is 1. The van der Waals surface area contributed by atoms with Gasteiger partial charge < -0.3 is 5.11 Å². The van der Waals surface area contributed by atoms with Gasteiger partial charge in [0.25, 0.3) is 11.7 Å². The number of carbonyl (C=O) groups is 2. The number of nitrogens with zero attached hydrogens (tertiary/aromatic N) is 2. The van der Waals surface area contributed by atoms with Crippen molar-refractivity contribution < 1.29 is 14.7 Å². The van der Waals surface area contributed by atoms with Gasteiger partial charge in [0.15, 0.2) is 0 Å². The Hall–Kier alpha value is -3.73. The quantitative estimate of drug-likeness (QED) is 0.414. The van der Waals surface area contributed by atoms with Crippen LogP contribution in [0.4, 0.5) is 5.69 Å². The van der Waals surface area contributed by atoms with Crippen molar-refractivity contribution >= 4 is 23.1 Å². The first kappa shape index (κ1) is 18.6. The predicted molar refractivity (Wildman–Crippen MR) is 111 cm³/mol. The van der Waals surface area contributed by atoms with Crippen LogP contribution in [0.2, 0.25) is 0 Å². The van der Waals surface area contributed by atoms with Gasteiger partial charge in [-0.1, -0.05) is 49.4 Å². The molecule has 2 aromatic carbocycles. The van der Waals surface area contributed by atoms with Crippen molar-refractivity contribution in [3.63, 3.8) is 0 Å². The molecule has 1 amide bonds. The second kappa shape index (κ2) is 7.72. The second-order valence-corrected chi connectivity index (χ2v) is 6.84. The van der Waals surface area contributed by atoms with Crippen LogP contribution in [0.3, 0.4) is 0 Å². The minimum Gasteiger partial charge on any atom is -0.507 e. The Morgan fingerprint density at radius 1 is 0.966 bits per heavy atom. The number of ketones is 1. The molecule has 1 aliphatic heterocycles. The highest BCUT2D eigenvalue weighted by molar-refractivity contribution is 6.51.